The molecule has 2 rings (SSSR count). The molecular weight excluding hydrogens is 262 g/mol. The van der Waals surface area contributed by atoms with Gasteiger partial charge >= 0.3 is 0 Å². The number of aliphatic imine (C=N–C) groups is 1. The summed E-state index contributed by atoms with van der Waals surface area (Å²) < 4.78 is 23.2. The average molecular weight is 281 g/mol. The van der Waals surface area contributed by atoms with Crippen molar-refractivity contribution in [3.8, 4) is 0 Å². The second-order valence-corrected chi connectivity index (χ2v) is 7.28. The third-order valence-electron chi connectivity index (χ3n) is 3.45. The van der Waals surface area contributed by atoms with Crippen LogP contribution in [0.2, 0.25) is 0 Å². The van der Waals surface area contributed by atoms with Gasteiger partial charge in [-0.1, -0.05) is 30.3 Å². The molecule has 1 heterocycles. The van der Waals surface area contributed by atoms with Crippen LogP contribution in [0.1, 0.15) is 18.9 Å². The van der Waals surface area contributed by atoms with E-state index in [0.29, 0.717) is 18.9 Å². The maximum Gasteiger partial charge on any atom is 0.189 e. The van der Waals surface area contributed by atoms with E-state index in [1.807, 2.05) is 30.3 Å². The van der Waals surface area contributed by atoms with Gasteiger partial charge in [0.2, 0.25) is 0 Å². The van der Waals surface area contributed by atoms with Crippen molar-refractivity contribution in [1.82, 2.24) is 5.32 Å². The summed E-state index contributed by atoms with van der Waals surface area (Å²) >= 11 is 0. The summed E-state index contributed by atoms with van der Waals surface area (Å²) in [6, 6.07) is 9.64. The molecule has 0 spiro atoms. The Kier molecular flexibility index (Phi) is 4.09. The predicted molar refractivity (Wildman–Crippen MR) is 76.6 cm³/mol. The van der Waals surface area contributed by atoms with Crippen molar-refractivity contribution in [1.29, 1.82) is 0 Å². The maximum absolute atomic E-state index is 11.6. The van der Waals surface area contributed by atoms with E-state index in [0.717, 1.165) is 5.56 Å². The standard InChI is InChI=1S/C13H19N3O2S/c1-10-12(7-8-19(10,17)18)16-13(14)15-9-11-5-3-2-4-6-11/h2-6,10,12H,7-9H2,1H3,(H3,14,15,16). The van der Waals surface area contributed by atoms with Crippen LogP contribution < -0.4 is 11.1 Å². The van der Waals surface area contributed by atoms with Crippen molar-refractivity contribution in [2.75, 3.05) is 5.75 Å². The highest BCUT2D eigenvalue weighted by atomic mass is 32.2. The molecule has 104 valence electrons. The second kappa shape index (κ2) is 5.61. The number of rotatable bonds is 3. The van der Waals surface area contributed by atoms with Gasteiger partial charge in [-0.05, 0) is 18.9 Å². The van der Waals surface area contributed by atoms with Gasteiger partial charge in [0.05, 0.1) is 17.5 Å². The number of benzene rings is 1. The number of guanidine groups is 1. The molecule has 0 saturated carbocycles. The molecule has 0 radical (unpaired) electrons. The summed E-state index contributed by atoms with van der Waals surface area (Å²) in [6.45, 7) is 2.21. The number of hydrogen-bond donors (Lipinski definition) is 2. The Morgan fingerprint density at radius 1 is 1.42 bits per heavy atom. The van der Waals surface area contributed by atoms with E-state index in [9.17, 15) is 8.42 Å². The van der Waals surface area contributed by atoms with Crippen LogP contribution in [-0.4, -0.2) is 31.4 Å². The number of nitrogens with zero attached hydrogens (tertiary/aromatic N) is 1. The predicted octanol–water partition coefficient (Wildman–Crippen LogP) is 0.667. The Balaban J connectivity index is 1.93. The van der Waals surface area contributed by atoms with Crippen LogP contribution in [0.25, 0.3) is 0 Å². The van der Waals surface area contributed by atoms with Gasteiger partial charge in [-0.3, -0.25) is 0 Å². The monoisotopic (exact) mass is 281 g/mol. The van der Waals surface area contributed by atoms with Gasteiger partial charge in [0.25, 0.3) is 0 Å². The van der Waals surface area contributed by atoms with Crippen LogP contribution in [0.5, 0.6) is 0 Å². The average Bonchev–Trinajstić information content (AvgIpc) is 2.65. The van der Waals surface area contributed by atoms with E-state index in [1.54, 1.807) is 6.92 Å². The second-order valence-electron chi connectivity index (χ2n) is 4.80. The van der Waals surface area contributed by atoms with Crippen LogP contribution in [0.15, 0.2) is 35.3 Å². The molecule has 0 amide bonds. The quantitative estimate of drug-likeness (QED) is 0.630. The lowest BCUT2D eigenvalue weighted by molar-refractivity contribution is 0.571. The lowest BCUT2D eigenvalue weighted by atomic mass is 10.2. The van der Waals surface area contributed by atoms with Crippen LogP contribution >= 0.6 is 0 Å². The smallest absolute Gasteiger partial charge is 0.189 e. The fourth-order valence-corrected chi connectivity index (χ4v) is 3.81. The highest BCUT2D eigenvalue weighted by Gasteiger charge is 2.36. The van der Waals surface area contributed by atoms with Crippen molar-refractivity contribution in [2.45, 2.75) is 31.2 Å². The third kappa shape index (κ3) is 3.47. The molecule has 1 fully saturated rings. The molecule has 0 aromatic heterocycles. The minimum atomic E-state index is -2.96. The Labute approximate surface area is 113 Å². The van der Waals surface area contributed by atoms with E-state index in [4.69, 9.17) is 5.73 Å². The van der Waals surface area contributed by atoms with Crippen molar-refractivity contribution in [2.24, 2.45) is 10.7 Å². The summed E-state index contributed by atoms with van der Waals surface area (Å²) in [4.78, 5) is 4.23. The topological polar surface area (TPSA) is 84.5 Å². The number of sulfone groups is 1. The summed E-state index contributed by atoms with van der Waals surface area (Å²) in [5.41, 5.74) is 6.87. The lowest BCUT2D eigenvalue weighted by Crippen LogP contribution is -2.44. The molecule has 3 N–H and O–H groups in total. The first-order valence-corrected chi connectivity index (χ1v) is 8.02. The van der Waals surface area contributed by atoms with Crippen LogP contribution in [0, 0.1) is 0 Å². The first kappa shape index (κ1) is 13.9. The first-order chi connectivity index (χ1) is 8.99. The maximum atomic E-state index is 11.6. The van der Waals surface area contributed by atoms with Crippen LogP contribution in [0.4, 0.5) is 0 Å². The van der Waals surface area contributed by atoms with Crippen LogP contribution in [0.3, 0.4) is 0 Å². The fourth-order valence-electron chi connectivity index (χ4n) is 2.15. The molecule has 1 aromatic rings. The molecule has 6 heteroatoms. The molecule has 0 aliphatic carbocycles. The molecule has 2 atom stereocenters. The number of nitrogens with two attached hydrogens (primary N) is 1. The Morgan fingerprint density at radius 2 is 2.11 bits per heavy atom. The molecule has 2 unspecified atom stereocenters. The van der Waals surface area contributed by atoms with Crippen molar-refractivity contribution in [3.05, 3.63) is 35.9 Å². The Bertz CT molecular complexity index is 555. The Hall–Kier alpha value is -1.56. The van der Waals surface area contributed by atoms with Crippen molar-refractivity contribution < 1.29 is 8.42 Å². The molecule has 19 heavy (non-hydrogen) atoms. The van der Waals surface area contributed by atoms with Gasteiger partial charge in [-0.15, -0.1) is 0 Å². The molecule has 1 aliphatic rings. The Morgan fingerprint density at radius 3 is 2.68 bits per heavy atom. The largest absolute Gasteiger partial charge is 0.370 e. The van der Waals surface area contributed by atoms with Crippen molar-refractivity contribution >= 4 is 15.8 Å². The highest BCUT2D eigenvalue weighted by molar-refractivity contribution is 7.92. The first-order valence-electron chi connectivity index (χ1n) is 6.31. The number of hydrogen-bond acceptors (Lipinski definition) is 3. The molecule has 5 nitrogen and oxygen atoms in total. The molecule has 0 bridgehead atoms. The van der Waals surface area contributed by atoms with Gasteiger partial charge < -0.3 is 11.1 Å². The van der Waals surface area contributed by atoms with Gasteiger partial charge in [0.1, 0.15) is 0 Å². The minimum Gasteiger partial charge on any atom is -0.370 e. The van der Waals surface area contributed by atoms with Crippen molar-refractivity contribution in [3.63, 3.8) is 0 Å². The number of nitrogens with one attached hydrogen (secondary N) is 1. The molecular formula is C13H19N3O2S. The summed E-state index contributed by atoms with van der Waals surface area (Å²) in [5.74, 6) is 0.524. The van der Waals surface area contributed by atoms with Gasteiger partial charge in [0.15, 0.2) is 15.8 Å². The lowest BCUT2D eigenvalue weighted by Gasteiger charge is -2.16. The van der Waals surface area contributed by atoms with E-state index >= 15 is 0 Å². The van der Waals surface area contributed by atoms with Gasteiger partial charge in [-0.2, -0.15) is 0 Å². The zero-order chi connectivity index (χ0) is 13.9. The van der Waals surface area contributed by atoms with E-state index < -0.39 is 15.1 Å². The molecule has 1 aliphatic heterocycles. The SMILES string of the molecule is CC1C(NC(N)=NCc2ccccc2)CCS1(=O)=O. The zero-order valence-electron chi connectivity index (χ0n) is 10.9. The summed E-state index contributed by atoms with van der Waals surface area (Å²) in [5, 5.41) is 2.60. The van der Waals surface area contributed by atoms with Gasteiger partial charge in [-0.25, -0.2) is 13.4 Å². The minimum absolute atomic E-state index is 0.135. The van der Waals surface area contributed by atoms with E-state index in [1.165, 1.54) is 0 Å². The molecule has 1 aromatic carbocycles. The summed E-state index contributed by atoms with van der Waals surface area (Å²) in [6.07, 6.45) is 0.588. The molecule has 1 saturated heterocycles. The van der Waals surface area contributed by atoms with Crippen LogP contribution in [-0.2, 0) is 16.4 Å². The van der Waals surface area contributed by atoms with E-state index in [-0.39, 0.29) is 11.8 Å². The van der Waals surface area contributed by atoms with E-state index in [2.05, 4.69) is 10.3 Å². The summed E-state index contributed by atoms with van der Waals surface area (Å²) in [7, 11) is -2.96. The fraction of sp³-hybridized carbons (Fsp3) is 0.462. The third-order valence-corrected chi connectivity index (χ3v) is 5.72. The highest BCUT2D eigenvalue weighted by Crippen LogP contribution is 2.19. The zero-order valence-corrected chi connectivity index (χ0v) is 11.7. The van der Waals surface area contributed by atoms with Gasteiger partial charge in [0, 0.05) is 6.04 Å². The normalized spacial score (nSPS) is 26.3.